The summed E-state index contributed by atoms with van der Waals surface area (Å²) in [5.41, 5.74) is 1.55. The van der Waals surface area contributed by atoms with Crippen molar-refractivity contribution in [1.82, 2.24) is 9.55 Å². The Morgan fingerprint density at radius 1 is 1.42 bits per heavy atom. The van der Waals surface area contributed by atoms with E-state index < -0.39 is 5.56 Å². The highest BCUT2D eigenvalue weighted by Crippen LogP contribution is 2.22. The van der Waals surface area contributed by atoms with Crippen molar-refractivity contribution in [3.05, 3.63) is 63.2 Å². The fourth-order valence-corrected chi connectivity index (χ4v) is 2.51. The van der Waals surface area contributed by atoms with Gasteiger partial charge in [-0.1, -0.05) is 32.1 Å². The van der Waals surface area contributed by atoms with Gasteiger partial charge < -0.3 is 5.11 Å². The molecule has 0 saturated heterocycles. The van der Waals surface area contributed by atoms with Crippen molar-refractivity contribution >= 4 is 24.1 Å². The SMILES string of the molecule is C=CCn1c(O)c(C=Nc2ccc([C@H](C)CC)cc2)c(=O)[nH]c1=S. The number of hydrogen-bond acceptors (Lipinski definition) is 4. The van der Waals surface area contributed by atoms with Crippen LogP contribution in [0.25, 0.3) is 0 Å². The van der Waals surface area contributed by atoms with Crippen molar-refractivity contribution in [1.29, 1.82) is 0 Å². The summed E-state index contributed by atoms with van der Waals surface area (Å²) in [6, 6.07) is 7.83. The van der Waals surface area contributed by atoms with Gasteiger partial charge in [0.25, 0.3) is 5.56 Å². The Morgan fingerprint density at radius 3 is 2.67 bits per heavy atom. The van der Waals surface area contributed by atoms with Crippen LogP contribution in [-0.4, -0.2) is 20.9 Å². The van der Waals surface area contributed by atoms with Gasteiger partial charge in [-0.05, 0) is 42.3 Å². The zero-order valence-electron chi connectivity index (χ0n) is 13.8. The van der Waals surface area contributed by atoms with Crippen LogP contribution >= 0.6 is 12.2 Å². The molecule has 2 aromatic rings. The van der Waals surface area contributed by atoms with E-state index in [1.54, 1.807) is 6.08 Å². The summed E-state index contributed by atoms with van der Waals surface area (Å²) in [5.74, 6) is 0.274. The predicted octanol–water partition coefficient (Wildman–Crippen LogP) is 4.06. The number of aromatic nitrogens is 2. The van der Waals surface area contributed by atoms with Crippen LogP contribution < -0.4 is 5.56 Å². The number of aromatic hydroxyl groups is 1. The van der Waals surface area contributed by atoms with Crippen molar-refractivity contribution in [2.75, 3.05) is 0 Å². The normalized spacial score (nSPS) is 12.4. The minimum Gasteiger partial charge on any atom is -0.494 e. The number of nitrogens with one attached hydrogen (secondary N) is 1. The minimum absolute atomic E-state index is 0.0662. The molecule has 2 N–H and O–H groups in total. The maximum Gasteiger partial charge on any atom is 0.264 e. The minimum atomic E-state index is -0.474. The third-order valence-corrected chi connectivity index (χ3v) is 4.26. The number of allylic oxidation sites excluding steroid dienone is 1. The van der Waals surface area contributed by atoms with Gasteiger partial charge in [0, 0.05) is 12.8 Å². The molecule has 0 spiro atoms. The van der Waals surface area contributed by atoms with Crippen LogP contribution in [0.1, 0.15) is 37.3 Å². The first-order valence-electron chi connectivity index (χ1n) is 7.79. The molecule has 0 aliphatic carbocycles. The Bertz CT molecular complexity index is 863. The molecule has 6 heteroatoms. The van der Waals surface area contributed by atoms with E-state index in [2.05, 4.69) is 30.4 Å². The standard InChI is InChI=1S/C18H21N3O2S/c1-4-10-21-17(23)15(16(22)20-18(21)24)11-19-14-8-6-13(7-9-14)12(3)5-2/h4,6-9,11-12,23H,1,5,10H2,2-3H3,(H,20,22,24)/t12-/m1/s1. The van der Waals surface area contributed by atoms with E-state index in [0.717, 1.165) is 6.42 Å². The van der Waals surface area contributed by atoms with Crippen LogP contribution in [0.2, 0.25) is 0 Å². The third-order valence-electron chi connectivity index (χ3n) is 3.94. The number of aliphatic imine (C=N–C) groups is 1. The molecule has 0 radical (unpaired) electrons. The van der Waals surface area contributed by atoms with Gasteiger partial charge in [-0.3, -0.25) is 19.3 Å². The summed E-state index contributed by atoms with van der Waals surface area (Å²) in [5, 5.41) is 10.2. The largest absolute Gasteiger partial charge is 0.494 e. The lowest BCUT2D eigenvalue weighted by molar-refractivity contribution is 0.413. The lowest BCUT2D eigenvalue weighted by atomic mass is 9.99. The first kappa shape index (κ1) is 17.9. The lowest BCUT2D eigenvalue weighted by Gasteiger charge is -2.09. The summed E-state index contributed by atoms with van der Waals surface area (Å²) in [4.78, 5) is 18.8. The van der Waals surface area contributed by atoms with Crippen LogP contribution in [0.15, 0.2) is 46.7 Å². The van der Waals surface area contributed by atoms with Gasteiger partial charge in [-0.25, -0.2) is 0 Å². The molecule has 1 aromatic heterocycles. The number of rotatable bonds is 6. The average molecular weight is 343 g/mol. The Kier molecular flexibility index (Phi) is 5.87. The van der Waals surface area contributed by atoms with E-state index in [-0.39, 0.29) is 16.2 Å². The molecule has 1 aromatic carbocycles. The monoisotopic (exact) mass is 343 g/mol. The van der Waals surface area contributed by atoms with E-state index in [1.807, 2.05) is 24.3 Å². The van der Waals surface area contributed by atoms with Crippen molar-refractivity contribution < 1.29 is 5.11 Å². The van der Waals surface area contributed by atoms with E-state index in [9.17, 15) is 9.90 Å². The first-order valence-corrected chi connectivity index (χ1v) is 8.19. The quantitative estimate of drug-likeness (QED) is 0.472. The fourth-order valence-electron chi connectivity index (χ4n) is 2.25. The van der Waals surface area contributed by atoms with Crippen molar-refractivity contribution in [3.8, 4) is 5.88 Å². The van der Waals surface area contributed by atoms with E-state index in [4.69, 9.17) is 12.2 Å². The molecule has 126 valence electrons. The fraction of sp³-hybridized carbons (Fsp3) is 0.278. The Morgan fingerprint density at radius 2 is 2.08 bits per heavy atom. The lowest BCUT2D eigenvalue weighted by Crippen LogP contribution is -2.18. The Hall–Kier alpha value is -2.47. The topological polar surface area (TPSA) is 70.4 Å². The molecule has 24 heavy (non-hydrogen) atoms. The molecule has 0 amide bonds. The van der Waals surface area contributed by atoms with Crippen LogP contribution in [0.4, 0.5) is 5.69 Å². The highest BCUT2D eigenvalue weighted by atomic mass is 32.1. The van der Waals surface area contributed by atoms with Crippen molar-refractivity contribution in [2.24, 2.45) is 4.99 Å². The number of nitrogens with zero attached hydrogens (tertiary/aromatic N) is 2. The van der Waals surface area contributed by atoms with E-state index in [1.165, 1.54) is 16.3 Å². The van der Waals surface area contributed by atoms with Gasteiger partial charge in [0.2, 0.25) is 5.88 Å². The smallest absolute Gasteiger partial charge is 0.264 e. The highest BCUT2D eigenvalue weighted by molar-refractivity contribution is 7.71. The van der Waals surface area contributed by atoms with Gasteiger partial charge in [-0.15, -0.1) is 6.58 Å². The second-order valence-corrected chi connectivity index (χ2v) is 5.94. The van der Waals surface area contributed by atoms with Gasteiger partial charge in [0.15, 0.2) is 4.77 Å². The average Bonchev–Trinajstić information content (AvgIpc) is 2.58. The summed E-state index contributed by atoms with van der Waals surface area (Å²) < 4.78 is 1.53. The van der Waals surface area contributed by atoms with E-state index in [0.29, 0.717) is 18.2 Å². The molecular weight excluding hydrogens is 322 g/mol. The van der Waals surface area contributed by atoms with E-state index >= 15 is 0 Å². The third kappa shape index (κ3) is 3.89. The van der Waals surface area contributed by atoms with Crippen LogP contribution in [0.5, 0.6) is 5.88 Å². The highest BCUT2D eigenvalue weighted by Gasteiger charge is 2.10. The molecule has 0 aliphatic rings. The van der Waals surface area contributed by atoms with Crippen LogP contribution in [0.3, 0.4) is 0 Å². The van der Waals surface area contributed by atoms with Gasteiger partial charge >= 0.3 is 0 Å². The zero-order valence-corrected chi connectivity index (χ0v) is 14.6. The maximum absolute atomic E-state index is 12.0. The first-order chi connectivity index (χ1) is 11.5. The molecular formula is C18H21N3O2S. The second-order valence-electron chi connectivity index (χ2n) is 5.55. The maximum atomic E-state index is 12.0. The molecule has 1 atom stereocenters. The van der Waals surface area contributed by atoms with Crippen LogP contribution in [-0.2, 0) is 6.54 Å². The molecule has 0 fully saturated rings. The summed E-state index contributed by atoms with van der Waals surface area (Å²) >= 11 is 5.03. The molecule has 0 aliphatic heterocycles. The number of aromatic amines is 1. The molecule has 0 unspecified atom stereocenters. The molecule has 0 bridgehead atoms. The van der Waals surface area contributed by atoms with Crippen molar-refractivity contribution in [2.45, 2.75) is 32.7 Å². The second kappa shape index (κ2) is 7.88. The van der Waals surface area contributed by atoms with Crippen LogP contribution in [0, 0.1) is 4.77 Å². The number of H-pyrrole nitrogens is 1. The zero-order chi connectivity index (χ0) is 17.7. The summed E-state index contributed by atoms with van der Waals surface area (Å²) in [6.07, 6.45) is 4.01. The van der Waals surface area contributed by atoms with Crippen molar-refractivity contribution in [3.63, 3.8) is 0 Å². The van der Waals surface area contributed by atoms with Gasteiger partial charge in [0.05, 0.1) is 5.69 Å². The Balaban J connectivity index is 2.35. The number of benzene rings is 1. The summed E-state index contributed by atoms with van der Waals surface area (Å²) in [7, 11) is 0. The Labute approximate surface area is 146 Å². The molecule has 0 saturated carbocycles. The van der Waals surface area contributed by atoms with Gasteiger partial charge in [-0.2, -0.15) is 0 Å². The van der Waals surface area contributed by atoms with Gasteiger partial charge in [0.1, 0.15) is 5.56 Å². The number of hydrogen-bond donors (Lipinski definition) is 2. The molecule has 1 heterocycles. The summed E-state index contributed by atoms with van der Waals surface area (Å²) in [6.45, 7) is 8.22. The molecule has 2 rings (SSSR count). The molecule has 5 nitrogen and oxygen atoms in total. The predicted molar refractivity (Wildman–Crippen MR) is 100 cm³/mol.